The summed E-state index contributed by atoms with van der Waals surface area (Å²) in [5.41, 5.74) is -0.160. The second-order valence-corrected chi connectivity index (χ2v) is 5.83. The first-order valence-electron chi connectivity index (χ1n) is 5.47. The Morgan fingerprint density at radius 3 is 1.81 bits per heavy atom. The van der Waals surface area contributed by atoms with Gasteiger partial charge in [0, 0.05) is 25.5 Å². The fraction of sp³-hybridized carbons (Fsp3) is 0. The summed E-state index contributed by atoms with van der Waals surface area (Å²) in [5, 5.41) is 40.4. The second kappa shape index (κ2) is 6.71. The SMILES string of the molecule is [O-]N([O-])c1cc(Cl)ccc1Sc1ccc(Cl)cc1N(O)O. The average Bonchev–Trinajstić information content (AvgIpc) is 2.42. The molecule has 0 aliphatic rings. The molecule has 0 amide bonds. The molecule has 2 rings (SSSR count). The van der Waals surface area contributed by atoms with Crippen molar-refractivity contribution in [2.45, 2.75) is 9.79 Å². The molecule has 0 bridgehead atoms. The minimum Gasteiger partial charge on any atom is -0.769 e. The Balaban J connectivity index is 2.43. The molecule has 2 N–H and O–H groups in total. The van der Waals surface area contributed by atoms with Crippen LogP contribution in [0, 0.1) is 10.4 Å². The van der Waals surface area contributed by atoms with Gasteiger partial charge in [-0.3, -0.25) is 10.4 Å². The van der Waals surface area contributed by atoms with Crippen LogP contribution in [0.25, 0.3) is 0 Å². The molecular formula is C12H8Cl2N2O4S-2. The van der Waals surface area contributed by atoms with Crippen LogP contribution in [-0.2, 0) is 0 Å². The lowest BCUT2D eigenvalue weighted by molar-refractivity contribution is 0.0277. The second-order valence-electron chi connectivity index (χ2n) is 3.87. The molecular weight excluding hydrogens is 339 g/mol. The van der Waals surface area contributed by atoms with E-state index in [0.717, 1.165) is 11.8 Å². The lowest BCUT2D eigenvalue weighted by Gasteiger charge is -2.39. The van der Waals surface area contributed by atoms with E-state index in [1.807, 2.05) is 0 Å². The average molecular weight is 347 g/mol. The van der Waals surface area contributed by atoms with Crippen LogP contribution >= 0.6 is 35.0 Å². The molecule has 112 valence electrons. The van der Waals surface area contributed by atoms with E-state index in [1.165, 1.54) is 30.3 Å². The van der Waals surface area contributed by atoms with Crippen LogP contribution in [-0.4, -0.2) is 10.4 Å². The van der Waals surface area contributed by atoms with Crippen LogP contribution in [0.5, 0.6) is 0 Å². The normalized spacial score (nSPS) is 10.6. The molecule has 0 radical (unpaired) electrons. The van der Waals surface area contributed by atoms with Crippen molar-refractivity contribution in [3.05, 3.63) is 56.9 Å². The minimum atomic E-state index is -0.556. The van der Waals surface area contributed by atoms with Gasteiger partial charge in [0.25, 0.3) is 0 Å². The van der Waals surface area contributed by atoms with Gasteiger partial charge in [-0.05, 0) is 36.4 Å². The van der Waals surface area contributed by atoms with Crippen LogP contribution in [0.3, 0.4) is 0 Å². The fourth-order valence-electron chi connectivity index (χ4n) is 1.57. The Kier molecular flexibility index (Phi) is 5.17. The molecule has 0 aromatic heterocycles. The van der Waals surface area contributed by atoms with Crippen molar-refractivity contribution in [2.75, 3.05) is 10.5 Å². The highest BCUT2D eigenvalue weighted by Gasteiger charge is 2.12. The predicted molar refractivity (Wildman–Crippen MR) is 82.3 cm³/mol. The highest BCUT2D eigenvalue weighted by atomic mass is 35.5. The van der Waals surface area contributed by atoms with Crippen LogP contribution in [0.2, 0.25) is 10.0 Å². The molecule has 0 spiro atoms. The van der Waals surface area contributed by atoms with Gasteiger partial charge in [0.05, 0.1) is 0 Å². The highest BCUT2D eigenvalue weighted by molar-refractivity contribution is 7.99. The molecule has 2 aromatic carbocycles. The van der Waals surface area contributed by atoms with Gasteiger partial charge < -0.3 is 15.6 Å². The van der Waals surface area contributed by atoms with Crippen LogP contribution in [0.15, 0.2) is 46.2 Å². The van der Waals surface area contributed by atoms with E-state index in [1.54, 1.807) is 6.07 Å². The van der Waals surface area contributed by atoms with Gasteiger partial charge in [0.1, 0.15) is 5.69 Å². The predicted octanol–water partition coefficient (Wildman–Crippen LogP) is 4.53. The molecule has 0 aliphatic carbocycles. The number of hydrogen-bond donors (Lipinski definition) is 2. The molecule has 2 aromatic rings. The molecule has 21 heavy (non-hydrogen) atoms. The van der Waals surface area contributed by atoms with Gasteiger partial charge in [-0.15, -0.1) is 5.23 Å². The summed E-state index contributed by atoms with van der Waals surface area (Å²) in [4.78, 5) is 0.699. The summed E-state index contributed by atoms with van der Waals surface area (Å²) in [5.74, 6) is 0. The first kappa shape index (κ1) is 16.2. The summed E-state index contributed by atoms with van der Waals surface area (Å²) in [6.07, 6.45) is 0. The van der Waals surface area contributed by atoms with Crippen molar-refractivity contribution in [3.63, 3.8) is 0 Å². The number of halogens is 2. The molecule has 0 saturated heterocycles. The van der Waals surface area contributed by atoms with E-state index >= 15 is 0 Å². The molecule has 0 atom stereocenters. The Morgan fingerprint density at radius 1 is 0.857 bits per heavy atom. The van der Waals surface area contributed by atoms with Gasteiger partial charge in [0.2, 0.25) is 0 Å². The molecule has 0 unspecified atom stereocenters. The van der Waals surface area contributed by atoms with Crippen molar-refractivity contribution in [1.29, 1.82) is 0 Å². The van der Waals surface area contributed by atoms with Crippen molar-refractivity contribution in [3.8, 4) is 0 Å². The number of hydrogen-bond acceptors (Lipinski definition) is 7. The van der Waals surface area contributed by atoms with Crippen molar-refractivity contribution >= 4 is 46.3 Å². The Hall–Kier alpha value is -1.19. The van der Waals surface area contributed by atoms with Crippen molar-refractivity contribution in [1.82, 2.24) is 0 Å². The third-order valence-corrected chi connectivity index (χ3v) is 4.07. The maximum absolute atomic E-state index is 11.0. The molecule has 0 saturated carbocycles. The van der Waals surface area contributed by atoms with Gasteiger partial charge in [-0.2, -0.15) is 0 Å². The highest BCUT2D eigenvalue weighted by Crippen LogP contribution is 2.41. The summed E-state index contributed by atoms with van der Waals surface area (Å²) < 4.78 is 0. The quantitative estimate of drug-likeness (QED) is 0.785. The van der Waals surface area contributed by atoms with Crippen LogP contribution in [0.4, 0.5) is 11.4 Å². The maximum atomic E-state index is 11.0. The number of rotatable bonds is 4. The van der Waals surface area contributed by atoms with Crippen molar-refractivity contribution in [2.24, 2.45) is 0 Å². The van der Waals surface area contributed by atoms with E-state index in [-0.39, 0.29) is 21.6 Å². The number of nitrogens with zero attached hydrogens (tertiary/aromatic N) is 2. The number of benzene rings is 2. The monoisotopic (exact) mass is 346 g/mol. The molecule has 0 aliphatic heterocycles. The minimum absolute atomic E-state index is 0.0109. The Bertz CT molecular complexity index is 600. The first-order valence-corrected chi connectivity index (χ1v) is 7.05. The Labute approximate surface area is 134 Å². The first-order chi connectivity index (χ1) is 9.88. The fourth-order valence-corrected chi connectivity index (χ4v) is 2.90. The lowest BCUT2D eigenvalue weighted by Crippen LogP contribution is -2.12. The van der Waals surface area contributed by atoms with Crippen LogP contribution < -0.4 is 10.5 Å². The van der Waals surface area contributed by atoms with E-state index in [4.69, 9.17) is 23.2 Å². The topological polar surface area (TPSA) is 93.1 Å². The molecule has 6 nitrogen and oxygen atoms in total. The van der Waals surface area contributed by atoms with Crippen molar-refractivity contribution < 1.29 is 10.4 Å². The van der Waals surface area contributed by atoms with E-state index in [0.29, 0.717) is 14.8 Å². The van der Waals surface area contributed by atoms with Crippen LogP contribution in [0.1, 0.15) is 0 Å². The standard InChI is InChI=1S/C12H8Cl2N2O4S/c13-7-1-3-11(9(5-7)15(17)18)21-12-4-2-8(14)6-10(12)16(19)20/h1-6,17-18H/q-2. The summed E-state index contributed by atoms with van der Waals surface area (Å²) in [7, 11) is 0. The zero-order valence-electron chi connectivity index (χ0n) is 10.2. The molecule has 0 fully saturated rings. The van der Waals surface area contributed by atoms with E-state index in [9.17, 15) is 20.8 Å². The van der Waals surface area contributed by atoms with Gasteiger partial charge in [-0.25, -0.2) is 0 Å². The molecule has 9 heteroatoms. The Morgan fingerprint density at radius 2 is 1.33 bits per heavy atom. The third-order valence-electron chi connectivity index (χ3n) is 2.47. The zero-order chi connectivity index (χ0) is 15.6. The summed E-state index contributed by atoms with van der Waals surface area (Å²) in [6, 6.07) is 8.63. The smallest absolute Gasteiger partial charge is 0.110 e. The lowest BCUT2D eigenvalue weighted by atomic mass is 10.3. The third kappa shape index (κ3) is 3.92. The van der Waals surface area contributed by atoms with Gasteiger partial charge in [-0.1, -0.05) is 35.0 Å². The van der Waals surface area contributed by atoms with E-state index in [2.05, 4.69) is 0 Å². The summed E-state index contributed by atoms with van der Waals surface area (Å²) >= 11 is 12.5. The summed E-state index contributed by atoms with van der Waals surface area (Å²) in [6.45, 7) is 0. The zero-order valence-corrected chi connectivity index (χ0v) is 12.6. The van der Waals surface area contributed by atoms with Gasteiger partial charge in [0.15, 0.2) is 0 Å². The largest absolute Gasteiger partial charge is 0.769 e. The number of anilines is 2. The van der Waals surface area contributed by atoms with Gasteiger partial charge >= 0.3 is 0 Å². The maximum Gasteiger partial charge on any atom is 0.110 e. The molecule has 0 heterocycles. The van der Waals surface area contributed by atoms with E-state index < -0.39 is 5.23 Å².